The van der Waals surface area contributed by atoms with Gasteiger partial charge in [-0.2, -0.15) is 0 Å². The highest BCUT2D eigenvalue weighted by atomic mass is 16.5. The van der Waals surface area contributed by atoms with Crippen molar-refractivity contribution in [3.05, 3.63) is 29.3 Å². The van der Waals surface area contributed by atoms with Crippen molar-refractivity contribution in [2.75, 3.05) is 40.4 Å². The van der Waals surface area contributed by atoms with Crippen LogP contribution in [-0.2, 0) is 4.79 Å². The number of hydrogen-bond acceptors (Lipinski definition) is 4. The number of hydrogen-bond donors (Lipinski definition) is 1. The van der Waals surface area contributed by atoms with Gasteiger partial charge >= 0.3 is 0 Å². The van der Waals surface area contributed by atoms with Gasteiger partial charge in [-0.15, -0.1) is 0 Å². The van der Waals surface area contributed by atoms with Gasteiger partial charge in [0.15, 0.2) is 11.5 Å². The van der Waals surface area contributed by atoms with E-state index < -0.39 is 0 Å². The molecule has 1 aliphatic heterocycles. The molecule has 1 fully saturated rings. The monoisotopic (exact) mass is 290 g/mol. The molecule has 1 saturated heterocycles. The zero-order valence-electron chi connectivity index (χ0n) is 12.8. The molecule has 0 atom stereocenters. The first-order chi connectivity index (χ1) is 10.2. The lowest BCUT2D eigenvalue weighted by Crippen LogP contribution is -2.46. The maximum atomic E-state index is 12.4. The van der Waals surface area contributed by atoms with E-state index in [1.807, 2.05) is 36.1 Å². The van der Waals surface area contributed by atoms with Crippen LogP contribution in [0.25, 0.3) is 6.08 Å². The maximum Gasteiger partial charge on any atom is 0.249 e. The number of carbonyl (C=O) groups excluding carboxylic acids is 1. The molecule has 0 spiro atoms. The number of benzene rings is 1. The van der Waals surface area contributed by atoms with Gasteiger partial charge in [-0.05, 0) is 30.7 Å². The van der Waals surface area contributed by atoms with Gasteiger partial charge in [-0.1, -0.05) is 6.07 Å². The van der Waals surface area contributed by atoms with E-state index in [4.69, 9.17) is 9.47 Å². The summed E-state index contributed by atoms with van der Waals surface area (Å²) in [4.78, 5) is 14.2. The topological polar surface area (TPSA) is 50.8 Å². The first-order valence-corrected chi connectivity index (χ1v) is 7.06. The SMILES string of the molecule is COc1ccc(/C=C(\C)C(=O)N2CCNCC2)cc1OC. The van der Waals surface area contributed by atoms with Crippen molar-refractivity contribution >= 4 is 12.0 Å². The second-order valence-electron chi connectivity index (χ2n) is 4.98. The fourth-order valence-electron chi connectivity index (χ4n) is 2.37. The summed E-state index contributed by atoms with van der Waals surface area (Å²) < 4.78 is 10.5. The fourth-order valence-corrected chi connectivity index (χ4v) is 2.37. The Morgan fingerprint density at radius 3 is 2.48 bits per heavy atom. The van der Waals surface area contributed by atoms with E-state index in [9.17, 15) is 4.79 Å². The molecule has 1 N–H and O–H groups in total. The van der Waals surface area contributed by atoms with E-state index in [1.165, 1.54) is 0 Å². The van der Waals surface area contributed by atoms with Crippen molar-refractivity contribution in [2.24, 2.45) is 0 Å². The molecule has 1 aromatic carbocycles. The molecule has 2 rings (SSSR count). The maximum absolute atomic E-state index is 12.4. The molecule has 1 aromatic rings. The lowest BCUT2D eigenvalue weighted by molar-refractivity contribution is -0.127. The van der Waals surface area contributed by atoms with Crippen molar-refractivity contribution < 1.29 is 14.3 Å². The zero-order chi connectivity index (χ0) is 15.2. The highest BCUT2D eigenvalue weighted by Crippen LogP contribution is 2.28. The molecule has 5 nitrogen and oxygen atoms in total. The molecule has 1 aliphatic rings. The highest BCUT2D eigenvalue weighted by Gasteiger charge is 2.17. The second-order valence-corrected chi connectivity index (χ2v) is 4.98. The van der Waals surface area contributed by atoms with E-state index >= 15 is 0 Å². The van der Waals surface area contributed by atoms with Crippen LogP contribution < -0.4 is 14.8 Å². The third-order valence-electron chi connectivity index (χ3n) is 3.53. The van der Waals surface area contributed by atoms with Crippen LogP contribution >= 0.6 is 0 Å². The van der Waals surface area contributed by atoms with Crippen LogP contribution in [0.5, 0.6) is 11.5 Å². The van der Waals surface area contributed by atoms with Gasteiger partial charge in [0, 0.05) is 31.8 Å². The van der Waals surface area contributed by atoms with Crippen LogP contribution in [-0.4, -0.2) is 51.2 Å². The van der Waals surface area contributed by atoms with Crippen molar-refractivity contribution in [3.8, 4) is 11.5 Å². The summed E-state index contributed by atoms with van der Waals surface area (Å²) in [5.74, 6) is 1.43. The number of ether oxygens (including phenoxy) is 2. The van der Waals surface area contributed by atoms with Gasteiger partial charge < -0.3 is 19.7 Å². The van der Waals surface area contributed by atoms with Gasteiger partial charge in [-0.25, -0.2) is 0 Å². The molecule has 1 amide bonds. The molecular weight excluding hydrogens is 268 g/mol. The van der Waals surface area contributed by atoms with Crippen molar-refractivity contribution in [2.45, 2.75) is 6.92 Å². The molecule has 0 aromatic heterocycles. The normalized spacial score (nSPS) is 15.8. The Bertz CT molecular complexity index is 534. The van der Waals surface area contributed by atoms with Gasteiger partial charge in [0.1, 0.15) is 0 Å². The summed E-state index contributed by atoms with van der Waals surface area (Å²) in [5.41, 5.74) is 1.65. The van der Waals surface area contributed by atoms with E-state index in [2.05, 4.69) is 5.32 Å². The fraction of sp³-hybridized carbons (Fsp3) is 0.438. The molecule has 0 radical (unpaired) electrons. The van der Waals surface area contributed by atoms with E-state index in [-0.39, 0.29) is 5.91 Å². The first-order valence-electron chi connectivity index (χ1n) is 7.06. The summed E-state index contributed by atoms with van der Waals surface area (Å²) in [5, 5.41) is 3.24. The first kappa shape index (κ1) is 15.4. The Morgan fingerprint density at radius 2 is 1.86 bits per heavy atom. The van der Waals surface area contributed by atoms with Gasteiger partial charge in [0.05, 0.1) is 14.2 Å². The van der Waals surface area contributed by atoms with Crippen LogP contribution in [0, 0.1) is 0 Å². The third kappa shape index (κ3) is 3.76. The molecule has 0 saturated carbocycles. The highest BCUT2D eigenvalue weighted by molar-refractivity contribution is 5.97. The minimum absolute atomic E-state index is 0.0892. The van der Waals surface area contributed by atoms with Crippen LogP contribution in [0.2, 0.25) is 0 Å². The van der Waals surface area contributed by atoms with Crippen molar-refractivity contribution in [1.82, 2.24) is 10.2 Å². The molecule has 1 heterocycles. The van der Waals surface area contributed by atoms with E-state index in [0.29, 0.717) is 11.5 Å². The molecule has 0 aliphatic carbocycles. The molecule has 114 valence electrons. The number of rotatable bonds is 4. The van der Waals surface area contributed by atoms with E-state index in [0.717, 1.165) is 37.3 Å². The van der Waals surface area contributed by atoms with Crippen LogP contribution in [0.1, 0.15) is 12.5 Å². The van der Waals surface area contributed by atoms with Crippen LogP contribution in [0.3, 0.4) is 0 Å². The Kier molecular flexibility index (Phi) is 5.22. The van der Waals surface area contributed by atoms with Crippen molar-refractivity contribution in [3.63, 3.8) is 0 Å². The standard InChI is InChI=1S/C16H22N2O3/c1-12(16(19)18-8-6-17-7-9-18)10-13-4-5-14(20-2)15(11-13)21-3/h4-5,10-11,17H,6-9H2,1-3H3/b12-10+. The largest absolute Gasteiger partial charge is 0.493 e. The Balaban J connectivity index is 2.15. The summed E-state index contributed by atoms with van der Waals surface area (Å²) in [6.45, 7) is 5.08. The summed E-state index contributed by atoms with van der Waals surface area (Å²) >= 11 is 0. The minimum Gasteiger partial charge on any atom is -0.493 e. The average Bonchev–Trinajstić information content (AvgIpc) is 2.54. The molecule has 5 heteroatoms. The van der Waals surface area contributed by atoms with Crippen LogP contribution in [0.15, 0.2) is 23.8 Å². The van der Waals surface area contributed by atoms with Crippen molar-refractivity contribution in [1.29, 1.82) is 0 Å². The quantitative estimate of drug-likeness (QED) is 0.855. The summed E-state index contributed by atoms with van der Waals surface area (Å²) in [6, 6.07) is 5.62. The number of methoxy groups -OCH3 is 2. The molecule has 0 unspecified atom stereocenters. The van der Waals surface area contributed by atoms with Gasteiger partial charge in [-0.3, -0.25) is 4.79 Å². The number of carbonyl (C=O) groups is 1. The molecule has 0 bridgehead atoms. The minimum atomic E-state index is 0.0892. The average molecular weight is 290 g/mol. The Morgan fingerprint density at radius 1 is 1.19 bits per heavy atom. The van der Waals surface area contributed by atoms with Gasteiger partial charge in [0.2, 0.25) is 5.91 Å². The Labute approximate surface area is 125 Å². The Hall–Kier alpha value is -2.01. The smallest absolute Gasteiger partial charge is 0.249 e. The number of piperazine rings is 1. The molecule has 21 heavy (non-hydrogen) atoms. The number of nitrogens with zero attached hydrogens (tertiary/aromatic N) is 1. The zero-order valence-corrected chi connectivity index (χ0v) is 12.8. The number of nitrogens with one attached hydrogen (secondary N) is 1. The second kappa shape index (κ2) is 7.13. The van der Waals surface area contributed by atoms with E-state index in [1.54, 1.807) is 14.2 Å². The predicted octanol–water partition coefficient (Wildman–Crippen LogP) is 1.54. The summed E-state index contributed by atoms with van der Waals surface area (Å²) in [6.07, 6.45) is 1.88. The third-order valence-corrected chi connectivity index (χ3v) is 3.53. The van der Waals surface area contributed by atoms with Crippen LogP contribution in [0.4, 0.5) is 0 Å². The molecular formula is C16H22N2O3. The van der Waals surface area contributed by atoms with Gasteiger partial charge in [0.25, 0.3) is 0 Å². The lowest BCUT2D eigenvalue weighted by Gasteiger charge is -2.27. The summed E-state index contributed by atoms with van der Waals surface area (Å²) in [7, 11) is 3.20. The number of amides is 1. The lowest BCUT2D eigenvalue weighted by atomic mass is 10.1. The predicted molar refractivity (Wildman–Crippen MR) is 82.6 cm³/mol.